The van der Waals surface area contributed by atoms with Crippen LogP contribution in [0.4, 0.5) is 0 Å². The quantitative estimate of drug-likeness (QED) is 0.477. The number of hydrogen-bond acceptors (Lipinski definition) is 5. The number of fused-ring (bicyclic) bond motifs is 1. The number of carbonyl (C=O) groups excluding carboxylic acids is 2. The molecule has 1 aromatic heterocycles. The number of rotatable bonds is 4. The van der Waals surface area contributed by atoms with Crippen molar-refractivity contribution in [2.45, 2.75) is 0 Å². The molecule has 0 aliphatic carbocycles. The number of hydrogen-bond donors (Lipinski definition) is 0. The molecular weight excluding hydrogens is 418 g/mol. The molecule has 7 nitrogen and oxygen atoms in total. The zero-order valence-corrected chi connectivity index (χ0v) is 18.2. The second kappa shape index (κ2) is 8.78. The highest BCUT2D eigenvalue weighted by Gasteiger charge is 2.26. The molecule has 0 bridgehead atoms. The van der Waals surface area contributed by atoms with Gasteiger partial charge in [0.1, 0.15) is 11.3 Å². The van der Waals surface area contributed by atoms with Gasteiger partial charge in [-0.05, 0) is 42.5 Å². The average molecular weight is 441 g/mol. The van der Waals surface area contributed by atoms with Gasteiger partial charge in [-0.3, -0.25) is 9.59 Å². The molecule has 2 heterocycles. The van der Waals surface area contributed by atoms with Crippen molar-refractivity contribution in [2.24, 2.45) is 0 Å². The van der Waals surface area contributed by atoms with E-state index >= 15 is 0 Å². The molecule has 2 amide bonds. The third kappa shape index (κ3) is 4.05. The maximum atomic E-state index is 13.2. The van der Waals surface area contributed by atoms with E-state index in [9.17, 15) is 9.59 Å². The molecule has 1 saturated heterocycles. The summed E-state index contributed by atoms with van der Waals surface area (Å²) in [6.45, 7) is 1.94. The van der Waals surface area contributed by atoms with Crippen LogP contribution in [-0.4, -0.2) is 60.1 Å². The zero-order valence-electron chi connectivity index (χ0n) is 18.2. The zero-order chi connectivity index (χ0) is 22.8. The summed E-state index contributed by atoms with van der Waals surface area (Å²) in [6.07, 6.45) is 0. The monoisotopic (exact) mass is 441 g/mol. The topological polar surface area (TPSA) is 75.9 Å². The Hall–Kier alpha value is -4.13. The maximum Gasteiger partial charge on any atom is 0.254 e. The van der Waals surface area contributed by atoms with Gasteiger partial charge in [-0.25, -0.2) is 0 Å². The Morgan fingerprint density at radius 1 is 0.818 bits per heavy atom. The smallest absolute Gasteiger partial charge is 0.254 e. The van der Waals surface area contributed by atoms with Crippen LogP contribution in [0.15, 0.2) is 77.3 Å². The van der Waals surface area contributed by atoms with Crippen LogP contribution in [0.2, 0.25) is 0 Å². The highest BCUT2D eigenvalue weighted by atomic mass is 16.5. The summed E-state index contributed by atoms with van der Waals surface area (Å²) in [7, 11) is 1.59. The molecule has 4 aromatic rings. The van der Waals surface area contributed by atoms with Gasteiger partial charge in [-0.2, -0.15) is 0 Å². The normalized spacial score (nSPS) is 13.8. The first-order chi connectivity index (χ1) is 16.1. The van der Waals surface area contributed by atoms with E-state index in [1.807, 2.05) is 42.5 Å². The van der Waals surface area contributed by atoms with E-state index in [2.05, 4.69) is 5.16 Å². The van der Waals surface area contributed by atoms with Gasteiger partial charge in [-0.1, -0.05) is 35.5 Å². The van der Waals surface area contributed by atoms with Gasteiger partial charge in [0.2, 0.25) is 0 Å². The Bertz CT molecular complexity index is 1290. The van der Waals surface area contributed by atoms with Crippen LogP contribution >= 0.6 is 0 Å². The van der Waals surface area contributed by atoms with Crippen molar-refractivity contribution in [3.63, 3.8) is 0 Å². The van der Waals surface area contributed by atoms with Crippen LogP contribution in [-0.2, 0) is 0 Å². The first kappa shape index (κ1) is 20.8. The first-order valence-corrected chi connectivity index (χ1v) is 10.8. The summed E-state index contributed by atoms with van der Waals surface area (Å²) in [5.74, 6) is 1.26. The summed E-state index contributed by atoms with van der Waals surface area (Å²) in [4.78, 5) is 29.6. The largest absolute Gasteiger partial charge is 0.497 e. The summed E-state index contributed by atoms with van der Waals surface area (Å²) in [6, 6.07) is 22.2. The molecular formula is C26H23N3O4. The number of nitrogens with zero attached hydrogens (tertiary/aromatic N) is 3. The van der Waals surface area contributed by atoms with Crippen LogP contribution in [0.1, 0.15) is 20.7 Å². The lowest BCUT2D eigenvalue weighted by Gasteiger charge is -2.35. The first-order valence-electron chi connectivity index (χ1n) is 10.8. The standard InChI is InChI=1S/C26H23N3O4/c1-32-21-10-7-19(8-11-21)25(30)28-13-15-29(16-14-28)26(31)20-9-12-23-22(17-20)24(33-27-23)18-5-3-2-4-6-18/h2-12,17H,13-16H2,1H3. The predicted molar refractivity (Wildman–Crippen MR) is 124 cm³/mol. The lowest BCUT2D eigenvalue weighted by atomic mass is 10.1. The van der Waals surface area contributed by atoms with Crippen LogP contribution in [0.3, 0.4) is 0 Å². The lowest BCUT2D eigenvalue weighted by Crippen LogP contribution is -2.50. The van der Waals surface area contributed by atoms with Crippen molar-refractivity contribution in [3.8, 4) is 17.1 Å². The molecule has 0 N–H and O–H groups in total. The second-order valence-electron chi connectivity index (χ2n) is 7.92. The number of benzene rings is 3. The fourth-order valence-corrected chi connectivity index (χ4v) is 4.08. The molecule has 0 radical (unpaired) electrons. The Morgan fingerprint density at radius 3 is 2.06 bits per heavy atom. The van der Waals surface area contributed by atoms with Gasteiger partial charge >= 0.3 is 0 Å². The van der Waals surface area contributed by atoms with Crippen molar-refractivity contribution in [2.75, 3.05) is 33.3 Å². The second-order valence-corrected chi connectivity index (χ2v) is 7.92. The summed E-state index contributed by atoms with van der Waals surface area (Å²) in [5, 5.41) is 4.93. The van der Waals surface area contributed by atoms with Gasteiger partial charge in [0.05, 0.1) is 12.5 Å². The third-order valence-corrected chi connectivity index (χ3v) is 5.95. The van der Waals surface area contributed by atoms with Crippen molar-refractivity contribution in [1.82, 2.24) is 15.0 Å². The molecule has 33 heavy (non-hydrogen) atoms. The van der Waals surface area contributed by atoms with E-state index in [4.69, 9.17) is 9.26 Å². The SMILES string of the molecule is COc1ccc(C(=O)N2CCN(C(=O)c3ccc4noc(-c5ccccc5)c4c3)CC2)cc1. The number of carbonyl (C=O) groups is 2. The molecule has 166 valence electrons. The van der Waals surface area contributed by atoms with E-state index in [1.165, 1.54) is 0 Å². The van der Waals surface area contributed by atoms with Crippen LogP contribution in [0, 0.1) is 0 Å². The predicted octanol–water partition coefficient (Wildman–Crippen LogP) is 4.10. The maximum absolute atomic E-state index is 13.2. The van der Waals surface area contributed by atoms with E-state index in [0.29, 0.717) is 54.3 Å². The number of ether oxygens (including phenoxy) is 1. The number of piperazine rings is 1. The molecule has 0 spiro atoms. The average Bonchev–Trinajstić information content (AvgIpc) is 3.32. The molecule has 0 atom stereocenters. The molecule has 3 aromatic carbocycles. The molecule has 0 unspecified atom stereocenters. The number of aromatic nitrogens is 1. The number of methoxy groups -OCH3 is 1. The van der Waals surface area contributed by atoms with Gasteiger partial charge in [-0.15, -0.1) is 0 Å². The fourth-order valence-electron chi connectivity index (χ4n) is 4.08. The Morgan fingerprint density at radius 2 is 1.42 bits per heavy atom. The van der Waals surface area contributed by atoms with Crippen molar-refractivity contribution in [1.29, 1.82) is 0 Å². The third-order valence-electron chi connectivity index (χ3n) is 5.95. The number of amides is 2. The van der Waals surface area contributed by atoms with E-state index in [-0.39, 0.29) is 11.8 Å². The highest BCUT2D eigenvalue weighted by molar-refractivity contribution is 6.01. The van der Waals surface area contributed by atoms with Gasteiger partial charge in [0.15, 0.2) is 5.76 Å². The van der Waals surface area contributed by atoms with E-state index < -0.39 is 0 Å². The van der Waals surface area contributed by atoms with E-state index in [1.54, 1.807) is 47.2 Å². The molecule has 0 saturated carbocycles. The summed E-state index contributed by atoms with van der Waals surface area (Å²) in [5.41, 5.74) is 2.82. The minimum atomic E-state index is -0.0614. The Kier molecular flexibility index (Phi) is 5.52. The van der Waals surface area contributed by atoms with Crippen molar-refractivity contribution in [3.05, 3.63) is 83.9 Å². The molecule has 1 aliphatic rings. The van der Waals surface area contributed by atoms with Gasteiger partial charge < -0.3 is 19.1 Å². The van der Waals surface area contributed by atoms with Crippen LogP contribution < -0.4 is 4.74 Å². The Labute approximate surface area is 191 Å². The van der Waals surface area contributed by atoms with Crippen molar-refractivity contribution < 1.29 is 18.8 Å². The highest BCUT2D eigenvalue weighted by Crippen LogP contribution is 2.29. The van der Waals surface area contributed by atoms with Crippen molar-refractivity contribution >= 4 is 22.7 Å². The minimum absolute atomic E-state index is 0.0388. The lowest BCUT2D eigenvalue weighted by molar-refractivity contribution is 0.0535. The van der Waals surface area contributed by atoms with Crippen LogP contribution in [0.25, 0.3) is 22.2 Å². The Balaban J connectivity index is 1.29. The molecule has 7 heteroatoms. The van der Waals surface area contributed by atoms with Gasteiger partial charge in [0.25, 0.3) is 11.8 Å². The summed E-state index contributed by atoms with van der Waals surface area (Å²) < 4.78 is 10.7. The molecule has 1 aliphatic heterocycles. The minimum Gasteiger partial charge on any atom is -0.497 e. The summed E-state index contributed by atoms with van der Waals surface area (Å²) >= 11 is 0. The fraction of sp³-hybridized carbons (Fsp3) is 0.192. The van der Waals surface area contributed by atoms with Crippen LogP contribution in [0.5, 0.6) is 5.75 Å². The molecule has 1 fully saturated rings. The van der Waals surface area contributed by atoms with E-state index in [0.717, 1.165) is 10.9 Å². The molecule has 5 rings (SSSR count). The van der Waals surface area contributed by atoms with Gasteiger partial charge in [0, 0.05) is 42.9 Å².